The van der Waals surface area contributed by atoms with Crippen LogP contribution in [0.2, 0.25) is 5.02 Å². The van der Waals surface area contributed by atoms with E-state index in [2.05, 4.69) is 15.5 Å². The lowest BCUT2D eigenvalue weighted by Gasteiger charge is -2.04. The average molecular weight is 211 g/mol. The Kier molecular flexibility index (Phi) is 2.09. The zero-order valence-electron chi connectivity index (χ0n) is 7.36. The Hall–Kier alpha value is -1.62. The standard InChI is InChI=1S/C8H7ClN4O/c1-5-3-2-4-6(9)7(5)13-8(14)10-11-12-13/h2-4H,1H3,(H,10,12,14). The molecule has 2 aromatic rings. The molecule has 0 saturated carbocycles. The summed E-state index contributed by atoms with van der Waals surface area (Å²) in [7, 11) is 0. The van der Waals surface area contributed by atoms with E-state index >= 15 is 0 Å². The van der Waals surface area contributed by atoms with E-state index in [1.807, 2.05) is 19.1 Å². The molecule has 0 aliphatic heterocycles. The Balaban J connectivity index is 2.74. The van der Waals surface area contributed by atoms with Crippen molar-refractivity contribution in [2.75, 3.05) is 0 Å². The van der Waals surface area contributed by atoms with E-state index in [4.69, 9.17) is 11.6 Å². The lowest BCUT2D eigenvalue weighted by molar-refractivity contribution is 0.776. The summed E-state index contributed by atoms with van der Waals surface area (Å²) in [6, 6.07) is 5.36. The van der Waals surface area contributed by atoms with Gasteiger partial charge in [0, 0.05) is 0 Å². The first-order valence-corrected chi connectivity index (χ1v) is 4.34. The fourth-order valence-electron chi connectivity index (χ4n) is 1.24. The van der Waals surface area contributed by atoms with E-state index < -0.39 is 5.69 Å². The number of nitrogens with one attached hydrogen (secondary N) is 1. The summed E-state index contributed by atoms with van der Waals surface area (Å²) in [6.07, 6.45) is 0. The molecule has 0 fully saturated rings. The number of nitrogens with zero attached hydrogens (tertiary/aromatic N) is 3. The molecule has 0 atom stereocenters. The molecule has 1 heterocycles. The van der Waals surface area contributed by atoms with Gasteiger partial charge in [0.2, 0.25) is 0 Å². The second-order valence-electron chi connectivity index (χ2n) is 2.82. The molecule has 0 aliphatic rings. The molecular weight excluding hydrogens is 204 g/mol. The van der Waals surface area contributed by atoms with Crippen LogP contribution >= 0.6 is 11.6 Å². The van der Waals surface area contributed by atoms with Crippen LogP contribution in [0.1, 0.15) is 5.56 Å². The number of aromatic amines is 1. The van der Waals surface area contributed by atoms with Gasteiger partial charge in [0.15, 0.2) is 0 Å². The van der Waals surface area contributed by atoms with E-state index in [1.165, 1.54) is 0 Å². The minimum Gasteiger partial charge on any atom is -0.244 e. The van der Waals surface area contributed by atoms with Crippen LogP contribution in [0.3, 0.4) is 0 Å². The normalized spacial score (nSPS) is 10.4. The molecule has 0 radical (unpaired) electrons. The average Bonchev–Trinajstić information content (AvgIpc) is 2.52. The van der Waals surface area contributed by atoms with Crippen LogP contribution in [0, 0.1) is 6.92 Å². The predicted octanol–water partition coefficient (Wildman–Crippen LogP) is 0.917. The van der Waals surface area contributed by atoms with Gasteiger partial charge in [-0.2, -0.15) is 4.68 Å². The summed E-state index contributed by atoms with van der Waals surface area (Å²) in [5.41, 5.74) is 1.03. The third kappa shape index (κ3) is 1.31. The van der Waals surface area contributed by atoms with Crippen molar-refractivity contribution in [2.45, 2.75) is 6.92 Å². The molecule has 6 heteroatoms. The van der Waals surface area contributed by atoms with Crippen LogP contribution in [0.25, 0.3) is 5.69 Å². The van der Waals surface area contributed by atoms with Crippen LogP contribution in [0.5, 0.6) is 0 Å². The van der Waals surface area contributed by atoms with Crippen LogP contribution in [-0.2, 0) is 0 Å². The van der Waals surface area contributed by atoms with Crippen molar-refractivity contribution in [3.8, 4) is 5.69 Å². The van der Waals surface area contributed by atoms with Crippen molar-refractivity contribution in [3.05, 3.63) is 39.3 Å². The smallest absolute Gasteiger partial charge is 0.244 e. The molecule has 0 unspecified atom stereocenters. The molecule has 72 valence electrons. The Labute approximate surface area is 84.3 Å². The van der Waals surface area contributed by atoms with Gasteiger partial charge in [0.1, 0.15) is 0 Å². The third-order valence-corrected chi connectivity index (χ3v) is 2.18. The first kappa shape index (κ1) is 8.96. The quantitative estimate of drug-likeness (QED) is 0.761. The first-order valence-electron chi connectivity index (χ1n) is 3.96. The highest BCUT2D eigenvalue weighted by atomic mass is 35.5. The molecular formula is C8H7ClN4O. The van der Waals surface area contributed by atoms with Gasteiger partial charge >= 0.3 is 5.69 Å². The first-order chi connectivity index (χ1) is 6.70. The lowest BCUT2D eigenvalue weighted by atomic mass is 10.2. The van der Waals surface area contributed by atoms with Crippen molar-refractivity contribution in [1.29, 1.82) is 0 Å². The SMILES string of the molecule is Cc1cccc(Cl)c1-n1nn[nH]c1=O. The van der Waals surface area contributed by atoms with Gasteiger partial charge in [0.05, 0.1) is 10.7 Å². The number of hydrogen-bond donors (Lipinski definition) is 1. The molecule has 0 spiro atoms. The number of halogens is 1. The third-order valence-electron chi connectivity index (χ3n) is 1.87. The number of tetrazole rings is 1. The summed E-state index contributed by atoms with van der Waals surface area (Å²) in [4.78, 5) is 11.2. The molecule has 0 saturated heterocycles. The fourth-order valence-corrected chi connectivity index (χ4v) is 1.54. The highest BCUT2D eigenvalue weighted by Gasteiger charge is 2.09. The number of aryl methyl sites for hydroxylation is 1. The fraction of sp³-hybridized carbons (Fsp3) is 0.125. The van der Waals surface area contributed by atoms with E-state index in [1.54, 1.807) is 6.07 Å². The molecule has 0 amide bonds. The molecule has 5 nitrogen and oxygen atoms in total. The van der Waals surface area contributed by atoms with Crippen molar-refractivity contribution in [2.24, 2.45) is 0 Å². The maximum absolute atomic E-state index is 11.2. The van der Waals surface area contributed by atoms with E-state index in [-0.39, 0.29) is 0 Å². The number of H-pyrrole nitrogens is 1. The number of rotatable bonds is 1. The number of aromatic nitrogens is 4. The monoisotopic (exact) mass is 210 g/mol. The van der Waals surface area contributed by atoms with Gasteiger partial charge in [-0.05, 0) is 29.0 Å². The Morgan fingerprint density at radius 2 is 2.29 bits per heavy atom. The van der Waals surface area contributed by atoms with Gasteiger partial charge in [-0.1, -0.05) is 23.7 Å². The van der Waals surface area contributed by atoms with Crippen LogP contribution < -0.4 is 5.69 Å². The zero-order chi connectivity index (χ0) is 10.1. The minimum absolute atomic E-state index is 0.402. The Morgan fingerprint density at radius 1 is 1.50 bits per heavy atom. The van der Waals surface area contributed by atoms with E-state index in [0.29, 0.717) is 10.7 Å². The number of benzene rings is 1. The topological polar surface area (TPSA) is 63.6 Å². The van der Waals surface area contributed by atoms with Gasteiger partial charge in [0.25, 0.3) is 0 Å². The predicted molar refractivity (Wildman–Crippen MR) is 51.7 cm³/mol. The molecule has 0 bridgehead atoms. The molecule has 1 aromatic heterocycles. The van der Waals surface area contributed by atoms with Gasteiger partial charge in [-0.3, -0.25) is 0 Å². The Morgan fingerprint density at radius 3 is 2.86 bits per heavy atom. The summed E-state index contributed by atoms with van der Waals surface area (Å²) in [6.45, 7) is 1.85. The van der Waals surface area contributed by atoms with Crippen molar-refractivity contribution >= 4 is 11.6 Å². The molecule has 1 N–H and O–H groups in total. The van der Waals surface area contributed by atoms with E-state index in [9.17, 15) is 4.79 Å². The van der Waals surface area contributed by atoms with Crippen LogP contribution in [0.4, 0.5) is 0 Å². The second kappa shape index (κ2) is 3.26. The largest absolute Gasteiger partial charge is 0.365 e. The molecule has 1 aromatic carbocycles. The van der Waals surface area contributed by atoms with Crippen molar-refractivity contribution in [3.63, 3.8) is 0 Å². The highest BCUT2D eigenvalue weighted by molar-refractivity contribution is 6.32. The maximum Gasteiger partial charge on any atom is 0.365 e. The summed E-state index contributed by atoms with van der Waals surface area (Å²) < 4.78 is 1.14. The van der Waals surface area contributed by atoms with E-state index in [0.717, 1.165) is 10.2 Å². The lowest BCUT2D eigenvalue weighted by Crippen LogP contribution is -2.17. The number of para-hydroxylation sites is 1. The molecule has 14 heavy (non-hydrogen) atoms. The van der Waals surface area contributed by atoms with Crippen molar-refractivity contribution < 1.29 is 0 Å². The summed E-state index contributed by atoms with van der Waals surface area (Å²) >= 11 is 5.95. The van der Waals surface area contributed by atoms with Crippen LogP contribution in [0.15, 0.2) is 23.0 Å². The van der Waals surface area contributed by atoms with Crippen molar-refractivity contribution in [1.82, 2.24) is 20.2 Å². The summed E-state index contributed by atoms with van der Waals surface area (Å²) in [5.74, 6) is 0. The van der Waals surface area contributed by atoms with Gasteiger partial charge < -0.3 is 0 Å². The minimum atomic E-state index is -0.402. The molecule has 0 aliphatic carbocycles. The van der Waals surface area contributed by atoms with Gasteiger partial charge in [-0.15, -0.1) is 0 Å². The second-order valence-corrected chi connectivity index (χ2v) is 3.23. The summed E-state index contributed by atoms with van der Waals surface area (Å²) in [5, 5.41) is 9.70. The maximum atomic E-state index is 11.2. The highest BCUT2D eigenvalue weighted by Crippen LogP contribution is 2.21. The Bertz CT molecular complexity index is 496. The van der Waals surface area contributed by atoms with Crippen LogP contribution in [-0.4, -0.2) is 20.2 Å². The number of hydrogen-bond acceptors (Lipinski definition) is 3. The molecule has 2 rings (SSSR count). The zero-order valence-corrected chi connectivity index (χ0v) is 8.12. The van der Waals surface area contributed by atoms with Gasteiger partial charge in [-0.25, -0.2) is 9.89 Å².